The number of hydrogen-bond donors (Lipinski definition) is 0. The zero-order chi connectivity index (χ0) is 13.0. The largest absolute Gasteiger partial charge is 0.497 e. The normalized spacial score (nSPS) is 10.8. The number of hydrogen-bond acceptors (Lipinski definition) is 3. The molecule has 2 aromatic rings. The highest BCUT2D eigenvalue weighted by Gasteiger charge is 2.02. The van der Waals surface area contributed by atoms with Crippen molar-refractivity contribution in [2.45, 2.75) is 0 Å². The monoisotopic (exact) mass is 306 g/mol. The van der Waals surface area contributed by atoms with Crippen molar-refractivity contribution in [3.05, 3.63) is 58.5 Å². The first kappa shape index (κ1) is 12.6. The third-order valence-electron chi connectivity index (χ3n) is 2.37. The molecule has 0 aliphatic heterocycles. The number of benzene rings is 1. The van der Waals surface area contributed by atoms with Crippen molar-refractivity contribution in [1.29, 1.82) is 0 Å². The molecule has 3 nitrogen and oxygen atoms in total. The summed E-state index contributed by atoms with van der Waals surface area (Å²) >= 11 is 3.20. The summed E-state index contributed by atoms with van der Waals surface area (Å²) in [6.45, 7) is 0. The fourth-order valence-corrected chi connectivity index (χ4v) is 1.75. The summed E-state index contributed by atoms with van der Waals surface area (Å²) < 4.78 is 10.9. The predicted octanol–water partition coefficient (Wildman–Crippen LogP) is 3.95. The molecule has 18 heavy (non-hydrogen) atoms. The van der Waals surface area contributed by atoms with Crippen LogP contribution in [0.15, 0.2) is 51.6 Å². The zero-order valence-electron chi connectivity index (χ0n) is 9.72. The smallest absolute Gasteiger partial charge is 0.185 e. The molecule has 92 valence electrons. The van der Waals surface area contributed by atoms with Gasteiger partial charge in [-0.1, -0.05) is 0 Å². The summed E-state index contributed by atoms with van der Waals surface area (Å²) in [4.78, 5) is 11.8. The Morgan fingerprint density at radius 3 is 2.50 bits per heavy atom. The molecule has 0 unspecified atom stereocenters. The van der Waals surface area contributed by atoms with Gasteiger partial charge in [-0.15, -0.1) is 0 Å². The van der Waals surface area contributed by atoms with Gasteiger partial charge in [0.2, 0.25) is 0 Å². The maximum Gasteiger partial charge on any atom is 0.185 e. The number of methoxy groups -OCH3 is 1. The number of ketones is 1. The van der Waals surface area contributed by atoms with E-state index in [-0.39, 0.29) is 5.78 Å². The Bertz CT molecular complexity index is 567. The molecular formula is C14H11BrO3. The van der Waals surface area contributed by atoms with Crippen LogP contribution in [0, 0.1) is 0 Å². The summed E-state index contributed by atoms with van der Waals surface area (Å²) in [5.41, 5.74) is 0.609. The van der Waals surface area contributed by atoms with E-state index in [1.165, 1.54) is 6.08 Å². The maximum absolute atomic E-state index is 11.8. The van der Waals surface area contributed by atoms with Gasteiger partial charge in [-0.25, -0.2) is 0 Å². The van der Waals surface area contributed by atoms with E-state index in [4.69, 9.17) is 9.15 Å². The SMILES string of the molecule is COc1ccc(C(=O)/C=C/c2ccc(Br)o2)cc1. The lowest BCUT2D eigenvalue weighted by Crippen LogP contribution is -1.93. The average Bonchev–Trinajstić information content (AvgIpc) is 2.82. The van der Waals surface area contributed by atoms with Gasteiger partial charge in [0.1, 0.15) is 11.5 Å². The van der Waals surface area contributed by atoms with Crippen molar-refractivity contribution in [2.75, 3.05) is 7.11 Å². The first-order valence-electron chi connectivity index (χ1n) is 5.31. The Hall–Kier alpha value is -1.81. The molecule has 0 amide bonds. The molecule has 0 radical (unpaired) electrons. The Morgan fingerprint density at radius 2 is 1.94 bits per heavy atom. The topological polar surface area (TPSA) is 39.4 Å². The number of allylic oxidation sites excluding steroid dienone is 1. The van der Waals surface area contributed by atoms with Crippen LogP contribution in [0.3, 0.4) is 0 Å². The second kappa shape index (κ2) is 5.69. The fraction of sp³-hybridized carbons (Fsp3) is 0.0714. The first-order valence-corrected chi connectivity index (χ1v) is 6.10. The minimum Gasteiger partial charge on any atom is -0.497 e. The zero-order valence-corrected chi connectivity index (χ0v) is 11.3. The lowest BCUT2D eigenvalue weighted by molar-refractivity contribution is 0.104. The summed E-state index contributed by atoms with van der Waals surface area (Å²) in [6.07, 6.45) is 3.12. The summed E-state index contributed by atoms with van der Waals surface area (Å²) in [7, 11) is 1.59. The lowest BCUT2D eigenvalue weighted by atomic mass is 10.1. The quantitative estimate of drug-likeness (QED) is 0.634. The summed E-state index contributed by atoms with van der Waals surface area (Å²) in [5, 5.41) is 0. The maximum atomic E-state index is 11.8. The van der Waals surface area contributed by atoms with Crippen LogP contribution in [0.2, 0.25) is 0 Å². The van der Waals surface area contributed by atoms with Gasteiger partial charge in [0.05, 0.1) is 7.11 Å². The Balaban J connectivity index is 2.09. The highest BCUT2D eigenvalue weighted by atomic mass is 79.9. The number of furan rings is 1. The molecule has 0 fully saturated rings. The van der Waals surface area contributed by atoms with Crippen molar-refractivity contribution in [3.63, 3.8) is 0 Å². The van der Waals surface area contributed by atoms with Gasteiger partial charge in [-0.2, -0.15) is 0 Å². The number of carbonyl (C=O) groups is 1. The highest BCUT2D eigenvalue weighted by molar-refractivity contribution is 9.10. The van der Waals surface area contributed by atoms with Gasteiger partial charge < -0.3 is 9.15 Å². The van der Waals surface area contributed by atoms with Crippen molar-refractivity contribution in [3.8, 4) is 5.75 Å². The van der Waals surface area contributed by atoms with E-state index in [1.54, 1.807) is 49.6 Å². The average molecular weight is 307 g/mol. The van der Waals surface area contributed by atoms with E-state index in [1.807, 2.05) is 0 Å². The van der Waals surface area contributed by atoms with Gasteiger partial charge in [-0.3, -0.25) is 4.79 Å². The fourth-order valence-electron chi connectivity index (χ4n) is 1.43. The van der Waals surface area contributed by atoms with Gasteiger partial charge >= 0.3 is 0 Å². The third kappa shape index (κ3) is 3.11. The van der Waals surface area contributed by atoms with Crippen LogP contribution < -0.4 is 4.74 Å². The van der Waals surface area contributed by atoms with Crippen molar-refractivity contribution >= 4 is 27.8 Å². The van der Waals surface area contributed by atoms with Crippen LogP contribution in [0.5, 0.6) is 5.75 Å². The molecule has 0 spiro atoms. The Labute approximate surface area is 113 Å². The van der Waals surface area contributed by atoms with E-state index >= 15 is 0 Å². The lowest BCUT2D eigenvalue weighted by Gasteiger charge is -1.99. The number of rotatable bonds is 4. The molecule has 0 N–H and O–H groups in total. The molecule has 1 heterocycles. The Kier molecular flexibility index (Phi) is 3.99. The molecule has 0 aliphatic rings. The van der Waals surface area contributed by atoms with Gasteiger partial charge in [0.25, 0.3) is 0 Å². The number of halogens is 1. The van der Waals surface area contributed by atoms with Crippen molar-refractivity contribution in [2.24, 2.45) is 0 Å². The van der Waals surface area contributed by atoms with Crippen LogP contribution in [-0.4, -0.2) is 12.9 Å². The molecule has 1 aromatic carbocycles. The van der Waals surface area contributed by atoms with E-state index < -0.39 is 0 Å². The van der Waals surface area contributed by atoms with Crippen molar-refractivity contribution < 1.29 is 13.9 Å². The van der Waals surface area contributed by atoms with Crippen LogP contribution in [0.4, 0.5) is 0 Å². The van der Waals surface area contributed by atoms with Gasteiger partial charge in [0.15, 0.2) is 10.5 Å². The standard InChI is InChI=1S/C14H11BrO3/c1-17-11-4-2-10(3-5-11)13(16)8-6-12-7-9-14(15)18-12/h2-9H,1H3/b8-6+. The minimum atomic E-state index is -0.0785. The molecule has 0 atom stereocenters. The van der Waals surface area contributed by atoms with Crippen LogP contribution in [0.25, 0.3) is 6.08 Å². The van der Waals surface area contributed by atoms with E-state index in [0.717, 1.165) is 5.75 Å². The second-order valence-corrected chi connectivity index (χ2v) is 4.35. The number of carbonyl (C=O) groups excluding carboxylic acids is 1. The molecule has 0 aliphatic carbocycles. The van der Waals surface area contributed by atoms with Crippen LogP contribution in [-0.2, 0) is 0 Å². The molecule has 2 rings (SSSR count). The predicted molar refractivity (Wildman–Crippen MR) is 72.8 cm³/mol. The first-order chi connectivity index (χ1) is 8.69. The van der Waals surface area contributed by atoms with E-state index in [9.17, 15) is 4.79 Å². The summed E-state index contributed by atoms with van der Waals surface area (Å²) in [6, 6.07) is 10.5. The van der Waals surface area contributed by atoms with Crippen molar-refractivity contribution in [1.82, 2.24) is 0 Å². The Morgan fingerprint density at radius 1 is 1.22 bits per heavy atom. The third-order valence-corrected chi connectivity index (χ3v) is 2.79. The van der Waals surface area contributed by atoms with Crippen LogP contribution >= 0.6 is 15.9 Å². The van der Waals surface area contributed by atoms with E-state index in [0.29, 0.717) is 16.0 Å². The minimum absolute atomic E-state index is 0.0785. The molecule has 1 aromatic heterocycles. The highest BCUT2D eigenvalue weighted by Crippen LogP contribution is 2.16. The van der Waals surface area contributed by atoms with Gasteiger partial charge in [-0.05, 0) is 64.5 Å². The molecular weight excluding hydrogens is 296 g/mol. The van der Waals surface area contributed by atoms with Gasteiger partial charge in [0, 0.05) is 5.56 Å². The molecule has 0 bridgehead atoms. The van der Waals surface area contributed by atoms with E-state index in [2.05, 4.69) is 15.9 Å². The van der Waals surface area contributed by atoms with Crippen LogP contribution in [0.1, 0.15) is 16.1 Å². The number of ether oxygens (including phenoxy) is 1. The molecule has 0 saturated carbocycles. The second-order valence-electron chi connectivity index (χ2n) is 3.57. The molecule has 0 saturated heterocycles. The summed E-state index contributed by atoms with van der Waals surface area (Å²) in [5.74, 6) is 1.28. The molecule has 4 heteroatoms.